The van der Waals surface area contributed by atoms with Crippen LogP contribution in [-0.4, -0.2) is 20.1 Å². The number of hydrogen-bond acceptors (Lipinski definition) is 3. The Hall–Kier alpha value is -1.13. The number of nitrogens with one attached hydrogen (secondary N) is 1. The van der Waals surface area contributed by atoms with Crippen molar-refractivity contribution in [3.8, 4) is 0 Å². The first-order chi connectivity index (χ1) is 5.81. The van der Waals surface area contributed by atoms with Gasteiger partial charge in [0.15, 0.2) is 5.15 Å². The summed E-state index contributed by atoms with van der Waals surface area (Å²) in [7, 11) is 0. The molecule has 0 aliphatic heterocycles. The summed E-state index contributed by atoms with van der Waals surface area (Å²) in [6, 6.07) is 1.76. The first-order valence-corrected chi connectivity index (χ1v) is 3.79. The van der Waals surface area contributed by atoms with Crippen LogP contribution in [0.15, 0.2) is 12.3 Å². The van der Waals surface area contributed by atoms with Crippen LogP contribution in [0.1, 0.15) is 5.82 Å². The SMILES string of the molecule is OCc1nc2c(Cl)nccc2[nH]1. The smallest absolute Gasteiger partial charge is 0.156 e. The summed E-state index contributed by atoms with van der Waals surface area (Å²) in [4.78, 5) is 10.8. The second-order valence-electron chi connectivity index (χ2n) is 2.34. The van der Waals surface area contributed by atoms with Crippen LogP contribution < -0.4 is 0 Å². The van der Waals surface area contributed by atoms with E-state index in [4.69, 9.17) is 16.7 Å². The average molecular weight is 184 g/mol. The van der Waals surface area contributed by atoms with Gasteiger partial charge in [-0.05, 0) is 6.07 Å². The quantitative estimate of drug-likeness (QED) is 0.651. The van der Waals surface area contributed by atoms with Gasteiger partial charge in [0.2, 0.25) is 0 Å². The summed E-state index contributed by atoms with van der Waals surface area (Å²) in [5.74, 6) is 0.500. The van der Waals surface area contributed by atoms with E-state index in [-0.39, 0.29) is 6.61 Å². The van der Waals surface area contributed by atoms with Crippen LogP contribution in [0.2, 0.25) is 5.15 Å². The molecule has 0 bridgehead atoms. The van der Waals surface area contributed by atoms with E-state index in [9.17, 15) is 0 Å². The third-order valence-electron chi connectivity index (χ3n) is 1.56. The van der Waals surface area contributed by atoms with Crippen molar-refractivity contribution in [1.82, 2.24) is 15.0 Å². The topological polar surface area (TPSA) is 61.8 Å². The largest absolute Gasteiger partial charge is 0.388 e. The molecular formula is C7H6ClN3O. The Morgan fingerprint density at radius 2 is 2.42 bits per heavy atom. The highest BCUT2D eigenvalue weighted by Gasteiger charge is 2.04. The molecule has 12 heavy (non-hydrogen) atoms. The zero-order valence-electron chi connectivity index (χ0n) is 6.08. The van der Waals surface area contributed by atoms with Crippen LogP contribution in [0.4, 0.5) is 0 Å². The predicted molar refractivity (Wildman–Crippen MR) is 44.8 cm³/mol. The number of fused-ring (bicyclic) bond motifs is 1. The van der Waals surface area contributed by atoms with Gasteiger partial charge in [-0.25, -0.2) is 9.97 Å². The maximum atomic E-state index is 8.77. The molecule has 0 aliphatic rings. The number of halogens is 1. The highest BCUT2D eigenvalue weighted by atomic mass is 35.5. The van der Waals surface area contributed by atoms with Crippen molar-refractivity contribution in [2.75, 3.05) is 0 Å². The van der Waals surface area contributed by atoms with Crippen LogP contribution in [0.25, 0.3) is 11.0 Å². The molecule has 0 spiro atoms. The normalized spacial score (nSPS) is 10.8. The van der Waals surface area contributed by atoms with Crippen molar-refractivity contribution in [3.05, 3.63) is 23.2 Å². The van der Waals surface area contributed by atoms with Gasteiger partial charge >= 0.3 is 0 Å². The lowest BCUT2D eigenvalue weighted by atomic mass is 10.4. The van der Waals surface area contributed by atoms with E-state index in [0.717, 1.165) is 5.52 Å². The number of hydrogen-bond donors (Lipinski definition) is 2. The molecule has 2 aromatic heterocycles. The van der Waals surface area contributed by atoms with Gasteiger partial charge in [-0.1, -0.05) is 11.6 Å². The fourth-order valence-electron chi connectivity index (χ4n) is 1.03. The lowest BCUT2D eigenvalue weighted by Gasteiger charge is -1.87. The van der Waals surface area contributed by atoms with Crippen molar-refractivity contribution in [1.29, 1.82) is 0 Å². The molecule has 0 amide bonds. The van der Waals surface area contributed by atoms with E-state index in [1.165, 1.54) is 0 Å². The predicted octanol–water partition coefficient (Wildman–Crippen LogP) is 1.10. The molecule has 2 aromatic rings. The molecule has 0 fully saturated rings. The minimum absolute atomic E-state index is 0.120. The van der Waals surface area contributed by atoms with E-state index in [1.807, 2.05) is 0 Å². The molecule has 2 rings (SSSR count). The molecule has 0 aliphatic carbocycles. The van der Waals surface area contributed by atoms with Gasteiger partial charge < -0.3 is 10.1 Å². The molecule has 2 N–H and O–H groups in total. The molecule has 0 atom stereocenters. The molecule has 0 radical (unpaired) electrons. The highest BCUT2D eigenvalue weighted by molar-refractivity contribution is 6.33. The van der Waals surface area contributed by atoms with Crippen molar-refractivity contribution in [3.63, 3.8) is 0 Å². The van der Waals surface area contributed by atoms with Gasteiger partial charge in [-0.2, -0.15) is 0 Å². The summed E-state index contributed by atoms with van der Waals surface area (Å²) in [5.41, 5.74) is 1.39. The second kappa shape index (κ2) is 2.73. The molecule has 62 valence electrons. The molecule has 2 heterocycles. The molecular weight excluding hydrogens is 178 g/mol. The minimum atomic E-state index is -0.120. The first kappa shape index (κ1) is 7.52. The number of rotatable bonds is 1. The Morgan fingerprint density at radius 3 is 3.08 bits per heavy atom. The fourth-order valence-corrected chi connectivity index (χ4v) is 1.23. The second-order valence-corrected chi connectivity index (χ2v) is 2.70. The molecule has 0 unspecified atom stereocenters. The van der Waals surface area contributed by atoms with Crippen molar-refractivity contribution in [2.45, 2.75) is 6.61 Å². The Labute approximate surface area is 73.2 Å². The maximum Gasteiger partial charge on any atom is 0.156 e. The van der Waals surface area contributed by atoms with Gasteiger partial charge in [0.05, 0.1) is 5.52 Å². The maximum absolute atomic E-state index is 8.77. The Kier molecular flexibility index (Phi) is 1.71. The molecule has 4 nitrogen and oxygen atoms in total. The Bertz CT molecular complexity index is 412. The standard InChI is InChI=1S/C7H6ClN3O/c8-7-6-4(1-2-9-7)10-5(3-12)11-6/h1-2,12H,3H2,(H,10,11). The van der Waals surface area contributed by atoms with Crippen LogP contribution in [-0.2, 0) is 6.61 Å². The van der Waals surface area contributed by atoms with Crippen molar-refractivity contribution >= 4 is 22.6 Å². The van der Waals surface area contributed by atoms with Crippen molar-refractivity contribution < 1.29 is 5.11 Å². The number of aliphatic hydroxyl groups is 1. The molecule has 5 heteroatoms. The van der Waals surface area contributed by atoms with Gasteiger partial charge in [0.25, 0.3) is 0 Å². The van der Waals surface area contributed by atoms with Crippen LogP contribution in [0.5, 0.6) is 0 Å². The minimum Gasteiger partial charge on any atom is -0.388 e. The fraction of sp³-hybridized carbons (Fsp3) is 0.143. The summed E-state index contributed by atoms with van der Waals surface area (Å²) in [5, 5.41) is 9.12. The lowest BCUT2D eigenvalue weighted by Crippen LogP contribution is -1.83. The highest BCUT2D eigenvalue weighted by Crippen LogP contribution is 2.17. The number of imidazole rings is 1. The third kappa shape index (κ3) is 1.05. The van der Waals surface area contributed by atoms with E-state index < -0.39 is 0 Å². The van der Waals surface area contributed by atoms with Crippen LogP contribution in [0, 0.1) is 0 Å². The van der Waals surface area contributed by atoms with Gasteiger partial charge in [0, 0.05) is 6.20 Å². The van der Waals surface area contributed by atoms with Gasteiger partial charge in [-0.15, -0.1) is 0 Å². The number of pyridine rings is 1. The average Bonchev–Trinajstić information content (AvgIpc) is 2.49. The first-order valence-electron chi connectivity index (χ1n) is 3.41. The zero-order chi connectivity index (χ0) is 8.55. The molecule has 0 aromatic carbocycles. The summed E-state index contributed by atoms with van der Waals surface area (Å²) >= 11 is 5.75. The van der Waals surface area contributed by atoms with Gasteiger partial charge in [0.1, 0.15) is 17.9 Å². The lowest BCUT2D eigenvalue weighted by molar-refractivity contribution is 0.273. The molecule has 0 saturated carbocycles. The van der Waals surface area contributed by atoms with E-state index in [2.05, 4.69) is 15.0 Å². The number of aromatic amines is 1. The Morgan fingerprint density at radius 1 is 1.58 bits per heavy atom. The molecule has 0 saturated heterocycles. The van der Waals surface area contributed by atoms with Crippen molar-refractivity contribution in [2.24, 2.45) is 0 Å². The summed E-state index contributed by atoms with van der Waals surface area (Å²) in [6.45, 7) is -0.120. The zero-order valence-corrected chi connectivity index (χ0v) is 6.84. The van der Waals surface area contributed by atoms with Crippen LogP contribution in [0.3, 0.4) is 0 Å². The Balaban J connectivity index is 2.74. The van der Waals surface area contributed by atoms with Gasteiger partial charge in [-0.3, -0.25) is 0 Å². The number of aromatic nitrogens is 3. The van der Waals surface area contributed by atoms with Crippen LogP contribution >= 0.6 is 11.6 Å². The third-order valence-corrected chi connectivity index (χ3v) is 1.83. The number of aliphatic hydroxyl groups excluding tert-OH is 1. The monoisotopic (exact) mass is 183 g/mol. The van der Waals surface area contributed by atoms with E-state index in [1.54, 1.807) is 12.3 Å². The summed E-state index contributed by atoms with van der Waals surface area (Å²) in [6.07, 6.45) is 1.59. The number of H-pyrrole nitrogens is 1. The van der Waals surface area contributed by atoms with E-state index >= 15 is 0 Å². The number of nitrogens with zero attached hydrogens (tertiary/aromatic N) is 2. The summed E-state index contributed by atoms with van der Waals surface area (Å²) < 4.78 is 0. The van der Waals surface area contributed by atoms with E-state index in [0.29, 0.717) is 16.5 Å².